The first-order valence-electron chi connectivity index (χ1n) is 8.83. The lowest BCUT2D eigenvalue weighted by Gasteiger charge is -2.38. The van der Waals surface area contributed by atoms with E-state index in [1.54, 1.807) is 0 Å². The summed E-state index contributed by atoms with van der Waals surface area (Å²) in [5.41, 5.74) is 1.80. The van der Waals surface area contributed by atoms with Gasteiger partial charge in [0.1, 0.15) is 6.04 Å². The standard InChI is InChI=1S/C19H21N3O4/c1-25-18(23)14-12-9-6-10-13(15(14)19(24)26-2)17-16(12)20-21-22(17)11-7-4-3-5-8-11/h3-5,7-8,12-13,16-17H,6,9-10H2,1-2H3/t12-,13+,16-,17-/m1/s1. The van der Waals surface area contributed by atoms with E-state index in [-0.39, 0.29) is 23.9 Å². The fourth-order valence-electron chi connectivity index (χ4n) is 4.59. The number of anilines is 1. The molecule has 0 saturated heterocycles. The van der Waals surface area contributed by atoms with Gasteiger partial charge in [-0.15, -0.1) is 0 Å². The smallest absolute Gasteiger partial charge is 0.334 e. The third-order valence-electron chi connectivity index (χ3n) is 5.63. The number of benzene rings is 1. The first-order chi connectivity index (χ1) is 12.7. The molecule has 4 aliphatic rings. The maximum atomic E-state index is 12.6. The Balaban J connectivity index is 1.84. The fourth-order valence-corrected chi connectivity index (χ4v) is 4.59. The number of para-hydroxylation sites is 1. The van der Waals surface area contributed by atoms with Crippen molar-refractivity contribution in [1.82, 2.24) is 0 Å². The zero-order valence-corrected chi connectivity index (χ0v) is 14.8. The lowest BCUT2D eigenvalue weighted by Crippen LogP contribution is -2.50. The fraction of sp³-hybridized carbons (Fsp3) is 0.474. The Hall–Kier alpha value is -2.70. The molecule has 1 aliphatic heterocycles. The minimum atomic E-state index is -0.464. The predicted octanol–water partition coefficient (Wildman–Crippen LogP) is 2.68. The highest BCUT2D eigenvalue weighted by Gasteiger charge is 2.55. The molecule has 0 aromatic heterocycles. The summed E-state index contributed by atoms with van der Waals surface area (Å²) < 4.78 is 10.0. The highest BCUT2D eigenvalue weighted by Crippen LogP contribution is 2.50. The molecule has 3 aliphatic carbocycles. The lowest BCUT2D eigenvalue weighted by atomic mass is 9.71. The van der Waals surface area contributed by atoms with Crippen LogP contribution in [0.15, 0.2) is 51.8 Å². The predicted molar refractivity (Wildman–Crippen MR) is 93.2 cm³/mol. The van der Waals surface area contributed by atoms with Crippen LogP contribution in [0.2, 0.25) is 0 Å². The Morgan fingerprint density at radius 2 is 1.62 bits per heavy atom. The van der Waals surface area contributed by atoms with Crippen molar-refractivity contribution in [2.45, 2.75) is 31.3 Å². The molecule has 4 atom stereocenters. The molecule has 0 spiro atoms. The topological polar surface area (TPSA) is 80.6 Å². The highest BCUT2D eigenvalue weighted by atomic mass is 16.5. The summed E-state index contributed by atoms with van der Waals surface area (Å²) in [5, 5.41) is 10.8. The molecule has 5 rings (SSSR count). The average Bonchev–Trinajstić information content (AvgIpc) is 2.94. The molecule has 0 radical (unpaired) electrons. The molecule has 2 bridgehead atoms. The largest absolute Gasteiger partial charge is 0.466 e. The van der Waals surface area contributed by atoms with Gasteiger partial charge >= 0.3 is 11.9 Å². The maximum Gasteiger partial charge on any atom is 0.334 e. The van der Waals surface area contributed by atoms with Crippen LogP contribution in [-0.2, 0) is 19.1 Å². The molecule has 1 aromatic rings. The molecular formula is C19H21N3O4. The Morgan fingerprint density at radius 1 is 1.00 bits per heavy atom. The van der Waals surface area contributed by atoms with E-state index >= 15 is 0 Å². The number of hydrogen-bond acceptors (Lipinski definition) is 7. The van der Waals surface area contributed by atoms with Crippen molar-refractivity contribution in [1.29, 1.82) is 0 Å². The summed E-state index contributed by atoms with van der Waals surface area (Å²) in [6, 6.07) is 9.54. The Labute approximate surface area is 151 Å². The van der Waals surface area contributed by atoms with Crippen LogP contribution in [-0.4, -0.2) is 38.2 Å². The molecule has 7 nitrogen and oxygen atoms in total. The van der Waals surface area contributed by atoms with Crippen molar-refractivity contribution in [2.75, 3.05) is 19.2 Å². The molecule has 26 heavy (non-hydrogen) atoms. The second kappa shape index (κ2) is 6.55. The van der Waals surface area contributed by atoms with Crippen LogP contribution in [0.3, 0.4) is 0 Å². The molecule has 1 aromatic carbocycles. The van der Waals surface area contributed by atoms with Gasteiger partial charge in [-0.3, -0.25) is 0 Å². The number of rotatable bonds is 3. The SMILES string of the molecule is COC(=O)C1=C(C(=O)OC)[C@@H]2CCC[C@H]1[C@H]1N=NN(c3ccccc3)[C@@H]12. The Kier molecular flexibility index (Phi) is 4.22. The Morgan fingerprint density at radius 3 is 2.27 bits per heavy atom. The van der Waals surface area contributed by atoms with Gasteiger partial charge in [-0.05, 0) is 25.0 Å². The lowest BCUT2D eigenvalue weighted by molar-refractivity contribution is -0.140. The Bertz CT molecular complexity index is 789. The summed E-state index contributed by atoms with van der Waals surface area (Å²) in [4.78, 5) is 25.1. The van der Waals surface area contributed by atoms with Gasteiger partial charge in [-0.1, -0.05) is 29.8 Å². The van der Waals surface area contributed by atoms with Crippen LogP contribution in [0.5, 0.6) is 0 Å². The van der Waals surface area contributed by atoms with E-state index < -0.39 is 11.9 Å². The summed E-state index contributed by atoms with van der Waals surface area (Å²) in [5.74, 6) is -1.27. The van der Waals surface area contributed by atoms with Crippen molar-refractivity contribution in [2.24, 2.45) is 22.2 Å². The van der Waals surface area contributed by atoms with Gasteiger partial charge in [0, 0.05) is 11.8 Å². The van der Waals surface area contributed by atoms with Crippen LogP contribution in [0.1, 0.15) is 19.3 Å². The van der Waals surface area contributed by atoms with E-state index in [1.165, 1.54) is 14.2 Å². The summed E-state index contributed by atoms with van der Waals surface area (Å²) in [6.45, 7) is 0. The molecule has 1 heterocycles. The number of carbonyl (C=O) groups is 2. The van der Waals surface area contributed by atoms with Crippen molar-refractivity contribution >= 4 is 17.6 Å². The quantitative estimate of drug-likeness (QED) is 0.779. The number of nitrogens with zero attached hydrogens (tertiary/aromatic N) is 3. The zero-order valence-electron chi connectivity index (χ0n) is 14.8. The maximum absolute atomic E-state index is 12.6. The zero-order chi connectivity index (χ0) is 18.3. The van der Waals surface area contributed by atoms with Gasteiger partial charge in [0.15, 0.2) is 0 Å². The molecule has 7 heteroatoms. The van der Waals surface area contributed by atoms with Crippen LogP contribution >= 0.6 is 0 Å². The van der Waals surface area contributed by atoms with Crippen LogP contribution in [0.4, 0.5) is 5.69 Å². The average molecular weight is 355 g/mol. The number of methoxy groups -OCH3 is 2. The molecule has 0 amide bonds. The number of carbonyl (C=O) groups excluding carboxylic acids is 2. The van der Waals surface area contributed by atoms with Gasteiger partial charge in [0.05, 0.1) is 37.1 Å². The minimum absolute atomic E-state index is 0.0904. The van der Waals surface area contributed by atoms with E-state index in [2.05, 4.69) is 10.3 Å². The molecule has 1 saturated carbocycles. The summed E-state index contributed by atoms with van der Waals surface area (Å²) in [7, 11) is 2.69. The van der Waals surface area contributed by atoms with Crippen molar-refractivity contribution in [3.63, 3.8) is 0 Å². The van der Waals surface area contributed by atoms with Crippen molar-refractivity contribution < 1.29 is 19.1 Å². The van der Waals surface area contributed by atoms with E-state index in [0.717, 1.165) is 24.9 Å². The molecule has 136 valence electrons. The van der Waals surface area contributed by atoms with Gasteiger partial charge in [-0.2, -0.15) is 5.11 Å². The van der Waals surface area contributed by atoms with Gasteiger partial charge < -0.3 is 9.47 Å². The van der Waals surface area contributed by atoms with Crippen molar-refractivity contribution in [3.05, 3.63) is 41.5 Å². The third kappa shape index (κ3) is 2.41. The molecule has 1 fully saturated rings. The van der Waals surface area contributed by atoms with E-state index in [0.29, 0.717) is 11.1 Å². The number of esters is 2. The number of ether oxygens (including phenoxy) is 2. The summed E-state index contributed by atoms with van der Waals surface area (Å²) >= 11 is 0. The molecule has 0 unspecified atom stereocenters. The second-order valence-corrected chi connectivity index (χ2v) is 6.82. The van der Waals surface area contributed by atoms with Gasteiger partial charge in [0.2, 0.25) is 0 Å². The number of fused-ring (bicyclic) bond motifs is 2. The molecule has 0 N–H and O–H groups in total. The van der Waals surface area contributed by atoms with E-state index in [1.807, 2.05) is 35.3 Å². The monoisotopic (exact) mass is 355 g/mol. The normalized spacial score (nSPS) is 29.4. The summed E-state index contributed by atoms with van der Waals surface area (Å²) in [6.07, 6.45) is 2.49. The highest BCUT2D eigenvalue weighted by molar-refractivity contribution is 6.02. The van der Waals surface area contributed by atoms with Crippen LogP contribution in [0.25, 0.3) is 0 Å². The van der Waals surface area contributed by atoms with E-state index in [9.17, 15) is 9.59 Å². The van der Waals surface area contributed by atoms with Gasteiger partial charge in [-0.25, -0.2) is 14.6 Å². The molecular weight excluding hydrogens is 334 g/mol. The third-order valence-corrected chi connectivity index (χ3v) is 5.63. The first kappa shape index (κ1) is 16.8. The van der Waals surface area contributed by atoms with Crippen LogP contribution < -0.4 is 5.01 Å². The first-order valence-corrected chi connectivity index (χ1v) is 8.83. The second-order valence-electron chi connectivity index (χ2n) is 6.82. The van der Waals surface area contributed by atoms with E-state index in [4.69, 9.17) is 9.47 Å². The van der Waals surface area contributed by atoms with Crippen molar-refractivity contribution in [3.8, 4) is 0 Å². The van der Waals surface area contributed by atoms with Gasteiger partial charge in [0.25, 0.3) is 0 Å². The number of hydrogen-bond donors (Lipinski definition) is 0. The minimum Gasteiger partial charge on any atom is -0.466 e. The van der Waals surface area contributed by atoms with Crippen LogP contribution in [0, 0.1) is 11.8 Å².